The number of amides is 3. The Morgan fingerprint density at radius 3 is 2.17 bits per heavy atom. The molecule has 30 heavy (non-hydrogen) atoms. The molecule has 176 valence electrons. The normalized spacial score (nSPS) is 10.7. The minimum Gasteiger partial charge on any atom is -0.382 e. The Balaban J connectivity index is 3.56. The molecule has 0 aliphatic carbocycles. The van der Waals surface area contributed by atoms with Crippen LogP contribution in [-0.4, -0.2) is 95.7 Å². The topological polar surface area (TPSA) is 107 Å². The first-order valence-corrected chi connectivity index (χ1v) is 10.4. The van der Waals surface area contributed by atoms with Crippen molar-refractivity contribution < 1.29 is 33.4 Å². The fourth-order valence-corrected chi connectivity index (χ4v) is 2.33. The van der Waals surface area contributed by atoms with Crippen LogP contribution in [-0.2, 0) is 33.4 Å². The van der Waals surface area contributed by atoms with Crippen LogP contribution in [0.3, 0.4) is 0 Å². The fraction of sp³-hybridized carbons (Fsp3) is 0.850. The van der Waals surface area contributed by atoms with Crippen LogP contribution >= 0.6 is 0 Å². The van der Waals surface area contributed by atoms with E-state index in [1.54, 1.807) is 19.1 Å². The van der Waals surface area contributed by atoms with Gasteiger partial charge in [-0.2, -0.15) is 0 Å². The third-order valence-electron chi connectivity index (χ3n) is 4.27. The van der Waals surface area contributed by atoms with E-state index in [1.165, 1.54) is 14.1 Å². The highest BCUT2D eigenvalue weighted by Gasteiger charge is 2.11. The van der Waals surface area contributed by atoms with Crippen LogP contribution in [0.1, 0.15) is 44.9 Å². The average Bonchev–Trinajstić information content (AvgIpc) is 2.75. The lowest BCUT2D eigenvalue weighted by atomic mass is 10.1. The molecule has 1 N–H and O–H groups in total. The predicted octanol–water partition coefficient (Wildman–Crippen LogP) is 0.949. The zero-order valence-electron chi connectivity index (χ0n) is 18.9. The summed E-state index contributed by atoms with van der Waals surface area (Å²) in [5.41, 5.74) is 0. The summed E-state index contributed by atoms with van der Waals surface area (Å²) in [7, 11) is 6.36. The minimum atomic E-state index is -0.283. The molecule has 3 amide bonds. The van der Waals surface area contributed by atoms with E-state index in [0.29, 0.717) is 45.7 Å². The zero-order valence-corrected chi connectivity index (χ0v) is 18.9. The van der Waals surface area contributed by atoms with E-state index in [0.717, 1.165) is 30.7 Å². The highest BCUT2D eigenvalue weighted by Crippen LogP contribution is 2.06. The van der Waals surface area contributed by atoms with Crippen molar-refractivity contribution in [1.82, 2.24) is 15.3 Å². The molecule has 0 atom stereocenters. The Hall–Kier alpha value is -1.75. The molecular weight excluding hydrogens is 394 g/mol. The van der Waals surface area contributed by atoms with Crippen LogP contribution in [0.2, 0.25) is 0 Å². The number of carbonyl (C=O) groups excluding carboxylic acids is 3. The molecule has 0 rings (SSSR count). The van der Waals surface area contributed by atoms with Gasteiger partial charge in [0.2, 0.25) is 17.7 Å². The van der Waals surface area contributed by atoms with Gasteiger partial charge in [-0.15, -0.1) is 0 Å². The summed E-state index contributed by atoms with van der Waals surface area (Å²) in [6.07, 6.45) is 4.93. The summed E-state index contributed by atoms with van der Waals surface area (Å²) in [6, 6.07) is 0. The number of hydrogen-bond acceptors (Lipinski definition) is 7. The molecule has 0 radical (unpaired) electrons. The lowest BCUT2D eigenvalue weighted by Crippen LogP contribution is -2.32. The number of hydrogen-bond donors (Lipinski definition) is 1. The molecule has 0 aliphatic rings. The minimum absolute atomic E-state index is 0.0339. The van der Waals surface area contributed by atoms with E-state index in [1.807, 2.05) is 0 Å². The van der Waals surface area contributed by atoms with Crippen molar-refractivity contribution in [1.29, 1.82) is 0 Å². The maximum atomic E-state index is 12.0. The molecule has 0 saturated carbocycles. The maximum absolute atomic E-state index is 12.0. The van der Waals surface area contributed by atoms with E-state index >= 15 is 0 Å². The monoisotopic (exact) mass is 433 g/mol. The summed E-state index contributed by atoms with van der Waals surface area (Å²) in [5, 5.41) is 3.53. The van der Waals surface area contributed by atoms with Crippen LogP contribution < -0.4 is 5.32 Å². The molecule has 0 saturated heterocycles. The smallest absolute Gasteiger partial charge is 0.248 e. The Morgan fingerprint density at radius 1 is 0.800 bits per heavy atom. The first-order chi connectivity index (χ1) is 14.4. The Kier molecular flexibility index (Phi) is 18.1. The SMILES string of the molecule is CNC(=O)CON(C)C(=O)CCCCCCOCN(C)C(=O)CCCOCCOC. The van der Waals surface area contributed by atoms with Gasteiger partial charge in [-0.3, -0.25) is 19.2 Å². The van der Waals surface area contributed by atoms with Gasteiger partial charge in [0.05, 0.1) is 13.2 Å². The highest BCUT2D eigenvalue weighted by atomic mass is 16.7. The van der Waals surface area contributed by atoms with Gasteiger partial charge in [0.25, 0.3) is 0 Å². The zero-order chi connectivity index (χ0) is 22.6. The second kappa shape index (κ2) is 19.2. The summed E-state index contributed by atoms with van der Waals surface area (Å²) >= 11 is 0. The van der Waals surface area contributed by atoms with Gasteiger partial charge in [0.15, 0.2) is 6.61 Å². The number of likely N-dealkylation sites (N-methyl/N-ethyl adjacent to an activating group) is 1. The Bertz CT molecular complexity index is 477. The van der Waals surface area contributed by atoms with Gasteiger partial charge in [-0.1, -0.05) is 12.8 Å². The van der Waals surface area contributed by atoms with Crippen molar-refractivity contribution in [3.8, 4) is 0 Å². The van der Waals surface area contributed by atoms with Crippen LogP contribution in [0.15, 0.2) is 0 Å². The lowest BCUT2D eigenvalue weighted by Gasteiger charge is -2.17. The molecule has 0 aromatic rings. The number of nitrogens with zero attached hydrogens (tertiary/aromatic N) is 2. The third kappa shape index (κ3) is 16.1. The Labute approximate surface area is 180 Å². The number of ether oxygens (including phenoxy) is 3. The van der Waals surface area contributed by atoms with E-state index in [2.05, 4.69) is 5.32 Å². The quantitative estimate of drug-likeness (QED) is 0.184. The molecule has 0 heterocycles. The van der Waals surface area contributed by atoms with Gasteiger partial charge in [0.1, 0.15) is 6.73 Å². The molecule has 0 fully saturated rings. The van der Waals surface area contributed by atoms with Gasteiger partial charge >= 0.3 is 0 Å². The van der Waals surface area contributed by atoms with Crippen LogP contribution in [0.25, 0.3) is 0 Å². The van der Waals surface area contributed by atoms with Gasteiger partial charge in [-0.25, -0.2) is 5.06 Å². The number of unbranched alkanes of at least 4 members (excludes halogenated alkanes) is 3. The standard InChI is InChI=1S/C20H39N3O7/c1-21-18(24)16-30-23(3)20(26)10-7-5-6-8-12-29-17-22(2)19(25)11-9-13-28-15-14-27-4/h5-17H2,1-4H3,(H,21,24). The van der Waals surface area contributed by atoms with Crippen LogP contribution in [0.4, 0.5) is 0 Å². The first-order valence-electron chi connectivity index (χ1n) is 10.4. The molecule has 0 unspecified atom stereocenters. The summed E-state index contributed by atoms with van der Waals surface area (Å²) in [6.45, 7) is 2.32. The number of nitrogens with one attached hydrogen (secondary N) is 1. The van der Waals surface area contributed by atoms with Crippen LogP contribution in [0.5, 0.6) is 0 Å². The van der Waals surface area contributed by atoms with E-state index in [9.17, 15) is 14.4 Å². The number of rotatable bonds is 19. The number of carbonyl (C=O) groups is 3. The first kappa shape index (κ1) is 28.2. The van der Waals surface area contributed by atoms with Crippen LogP contribution in [0, 0.1) is 0 Å². The summed E-state index contributed by atoms with van der Waals surface area (Å²) < 4.78 is 15.7. The molecule has 10 nitrogen and oxygen atoms in total. The fourth-order valence-electron chi connectivity index (χ4n) is 2.33. The second-order valence-corrected chi connectivity index (χ2v) is 6.84. The average molecular weight is 434 g/mol. The van der Waals surface area contributed by atoms with Crippen molar-refractivity contribution >= 4 is 17.7 Å². The molecule has 0 bridgehead atoms. The Morgan fingerprint density at radius 2 is 1.47 bits per heavy atom. The third-order valence-corrected chi connectivity index (χ3v) is 4.27. The highest BCUT2D eigenvalue weighted by molar-refractivity contribution is 5.78. The molecule has 10 heteroatoms. The largest absolute Gasteiger partial charge is 0.382 e. The summed E-state index contributed by atoms with van der Waals surface area (Å²) in [5.74, 6) is -0.403. The van der Waals surface area contributed by atoms with Crippen molar-refractivity contribution in [2.75, 3.05) is 68.0 Å². The molecule has 0 spiro atoms. The van der Waals surface area contributed by atoms with Gasteiger partial charge in [-0.05, 0) is 19.3 Å². The van der Waals surface area contributed by atoms with Crippen molar-refractivity contribution in [2.24, 2.45) is 0 Å². The number of methoxy groups -OCH3 is 1. The number of hydroxylamine groups is 2. The van der Waals surface area contributed by atoms with Crippen molar-refractivity contribution in [3.05, 3.63) is 0 Å². The molecule has 0 aliphatic heterocycles. The van der Waals surface area contributed by atoms with E-state index in [4.69, 9.17) is 19.0 Å². The molecule has 0 aromatic heterocycles. The van der Waals surface area contributed by atoms with E-state index in [-0.39, 0.29) is 31.1 Å². The van der Waals surface area contributed by atoms with Crippen molar-refractivity contribution in [2.45, 2.75) is 44.9 Å². The molecule has 0 aromatic carbocycles. The van der Waals surface area contributed by atoms with E-state index < -0.39 is 0 Å². The molecular formula is C20H39N3O7. The second-order valence-electron chi connectivity index (χ2n) is 6.84. The maximum Gasteiger partial charge on any atom is 0.248 e. The van der Waals surface area contributed by atoms with Gasteiger partial charge in [0, 0.05) is 54.3 Å². The predicted molar refractivity (Wildman–Crippen MR) is 111 cm³/mol. The summed E-state index contributed by atoms with van der Waals surface area (Å²) in [4.78, 5) is 41.5. The lowest BCUT2D eigenvalue weighted by molar-refractivity contribution is -0.180. The van der Waals surface area contributed by atoms with Crippen molar-refractivity contribution in [3.63, 3.8) is 0 Å². The van der Waals surface area contributed by atoms with Gasteiger partial charge < -0.3 is 24.4 Å².